The highest BCUT2D eigenvalue weighted by Gasteiger charge is 2.57. The minimum Gasteiger partial charge on any atom is -0.490 e. The summed E-state index contributed by atoms with van der Waals surface area (Å²) < 4.78 is 69.9. The molecule has 244 valence electrons. The summed E-state index contributed by atoms with van der Waals surface area (Å²) in [7, 11) is 0. The van der Waals surface area contributed by atoms with Crippen LogP contribution in [-0.2, 0) is 15.8 Å². The van der Waals surface area contributed by atoms with Gasteiger partial charge in [-0.05, 0) is 92.4 Å². The maximum atomic E-state index is 14.8. The molecule has 0 saturated heterocycles. The van der Waals surface area contributed by atoms with Gasteiger partial charge in [-0.2, -0.15) is 13.2 Å². The Labute approximate surface area is 266 Å². The second kappa shape index (κ2) is 11.6. The van der Waals surface area contributed by atoms with Crippen molar-refractivity contribution in [1.29, 1.82) is 0 Å². The van der Waals surface area contributed by atoms with Crippen LogP contribution in [0, 0.1) is 12.7 Å². The highest BCUT2D eigenvalue weighted by molar-refractivity contribution is 5.96. The minimum absolute atomic E-state index is 0.0208. The number of fused-ring (bicyclic) bond motifs is 1. The maximum Gasteiger partial charge on any atom is 0.424 e. The summed E-state index contributed by atoms with van der Waals surface area (Å²) >= 11 is 0. The molecule has 1 fully saturated rings. The van der Waals surface area contributed by atoms with Crippen molar-refractivity contribution in [1.82, 2.24) is 15.3 Å². The second-order valence-corrected chi connectivity index (χ2v) is 12.0. The number of hydrogen-bond donors (Lipinski definition) is 3. The van der Waals surface area contributed by atoms with Crippen LogP contribution >= 0.6 is 0 Å². The zero-order chi connectivity index (χ0) is 33.7. The highest BCUT2D eigenvalue weighted by Crippen LogP contribution is 2.48. The van der Waals surface area contributed by atoms with Gasteiger partial charge in [-0.3, -0.25) is 14.6 Å². The van der Waals surface area contributed by atoms with E-state index in [1.54, 1.807) is 24.5 Å². The molecule has 2 aromatic heterocycles. The van der Waals surface area contributed by atoms with Gasteiger partial charge in [0.25, 0.3) is 5.91 Å². The summed E-state index contributed by atoms with van der Waals surface area (Å²) in [5.41, 5.74) is 1.48. The Hall–Kier alpha value is -5.04. The third kappa shape index (κ3) is 5.86. The maximum absolute atomic E-state index is 14.8. The first-order valence-corrected chi connectivity index (χ1v) is 14.7. The number of halogens is 4. The molecule has 2 atom stereocenters. The number of nitrogens with two attached hydrogens (primary N) is 1. The second-order valence-electron chi connectivity index (χ2n) is 12.0. The first-order chi connectivity index (χ1) is 22.2. The van der Waals surface area contributed by atoms with Crippen LogP contribution in [0.25, 0.3) is 22.4 Å². The lowest BCUT2D eigenvalue weighted by Gasteiger charge is -2.31. The summed E-state index contributed by atoms with van der Waals surface area (Å²) in [4.78, 5) is 34.1. The number of benzene rings is 2. The van der Waals surface area contributed by atoms with E-state index in [2.05, 4.69) is 15.3 Å². The Balaban J connectivity index is 1.38. The first-order valence-electron chi connectivity index (χ1n) is 14.7. The lowest BCUT2D eigenvalue weighted by Crippen LogP contribution is -2.51. The Morgan fingerprint density at radius 3 is 2.47 bits per heavy atom. The van der Waals surface area contributed by atoms with E-state index in [9.17, 15) is 32.3 Å². The van der Waals surface area contributed by atoms with Crippen molar-refractivity contribution in [3.8, 4) is 33.9 Å². The van der Waals surface area contributed by atoms with Gasteiger partial charge in [0, 0.05) is 34.6 Å². The summed E-state index contributed by atoms with van der Waals surface area (Å²) in [6.07, 6.45) is -0.318. The van der Waals surface area contributed by atoms with Gasteiger partial charge in [0.2, 0.25) is 11.5 Å². The number of hydrogen-bond acceptors (Lipinski definition) is 7. The van der Waals surface area contributed by atoms with Gasteiger partial charge in [-0.1, -0.05) is 0 Å². The topological polar surface area (TPSA) is 137 Å². The predicted molar refractivity (Wildman–Crippen MR) is 162 cm³/mol. The molecule has 3 heterocycles. The van der Waals surface area contributed by atoms with Crippen LogP contribution in [0.5, 0.6) is 11.5 Å². The Kier molecular flexibility index (Phi) is 7.91. The van der Waals surface area contributed by atoms with Gasteiger partial charge in [-0.25, -0.2) is 9.37 Å². The number of amides is 2. The lowest BCUT2D eigenvalue weighted by atomic mass is 9.81. The number of nitrogens with zero attached hydrogens (tertiary/aromatic N) is 2. The first kappa shape index (κ1) is 31.9. The van der Waals surface area contributed by atoms with E-state index in [0.717, 1.165) is 42.2 Å². The fourth-order valence-electron chi connectivity index (χ4n) is 5.37. The normalized spacial score (nSPS) is 18.5. The number of aryl methyl sites for hydroxylation is 1. The number of alkyl halides is 3. The molecule has 0 radical (unpaired) electrons. The number of ether oxygens (including phenoxy) is 2. The molecule has 1 saturated carbocycles. The van der Waals surface area contributed by atoms with E-state index in [0.29, 0.717) is 11.3 Å². The number of primary amides is 1. The molecule has 0 spiro atoms. The summed E-state index contributed by atoms with van der Waals surface area (Å²) in [5.74, 6) is -1.89. The average Bonchev–Trinajstić information content (AvgIpc) is 3.79. The Morgan fingerprint density at radius 2 is 1.83 bits per heavy atom. The van der Waals surface area contributed by atoms with Crippen molar-refractivity contribution in [3.05, 3.63) is 95.2 Å². The van der Waals surface area contributed by atoms with Crippen molar-refractivity contribution < 1.29 is 41.7 Å². The zero-order valence-electron chi connectivity index (χ0n) is 25.3. The Morgan fingerprint density at radius 1 is 1.11 bits per heavy atom. The number of carbonyl (C=O) groups is 2. The fraction of sp³-hybridized carbons (Fsp3) is 0.294. The van der Waals surface area contributed by atoms with Crippen molar-refractivity contribution >= 4 is 11.8 Å². The number of rotatable bonds is 9. The van der Waals surface area contributed by atoms with Gasteiger partial charge in [0.1, 0.15) is 35.0 Å². The predicted octanol–water partition coefficient (Wildman–Crippen LogP) is 5.11. The minimum atomic E-state index is -5.36. The van der Waals surface area contributed by atoms with Crippen LogP contribution in [0.4, 0.5) is 17.6 Å². The Bertz CT molecular complexity index is 1880. The molecule has 2 aliphatic rings. The van der Waals surface area contributed by atoms with Crippen LogP contribution < -0.4 is 20.5 Å². The van der Waals surface area contributed by atoms with Gasteiger partial charge < -0.3 is 25.6 Å². The van der Waals surface area contributed by atoms with Crippen molar-refractivity contribution in [2.24, 2.45) is 5.73 Å². The lowest BCUT2D eigenvalue weighted by molar-refractivity contribution is -0.265. The molecule has 47 heavy (non-hydrogen) atoms. The number of carbonyl (C=O) groups excluding carboxylic acids is 2. The smallest absolute Gasteiger partial charge is 0.424 e. The molecule has 1 unspecified atom stereocenters. The molecule has 13 heteroatoms. The molecular formula is C34H30F4N4O5. The van der Waals surface area contributed by atoms with E-state index in [1.807, 2.05) is 6.92 Å². The number of pyridine rings is 2. The summed E-state index contributed by atoms with van der Waals surface area (Å²) in [5, 5.41) is 13.6. The van der Waals surface area contributed by atoms with Crippen molar-refractivity contribution in [2.75, 3.05) is 13.2 Å². The van der Waals surface area contributed by atoms with Crippen LogP contribution in [-0.4, -0.2) is 52.3 Å². The van der Waals surface area contributed by atoms with E-state index in [1.165, 1.54) is 31.2 Å². The van der Waals surface area contributed by atoms with Crippen LogP contribution in [0.2, 0.25) is 0 Å². The molecule has 1 aliphatic heterocycles. The van der Waals surface area contributed by atoms with E-state index >= 15 is 0 Å². The third-order valence-corrected chi connectivity index (χ3v) is 8.50. The quantitative estimate of drug-likeness (QED) is 0.214. The molecule has 4 aromatic rings. The number of aromatic nitrogens is 2. The van der Waals surface area contributed by atoms with Gasteiger partial charge in [0.05, 0.1) is 18.3 Å². The van der Waals surface area contributed by atoms with Gasteiger partial charge >= 0.3 is 6.18 Å². The number of aliphatic hydroxyl groups is 1. The van der Waals surface area contributed by atoms with E-state index in [4.69, 9.17) is 15.2 Å². The molecule has 2 aromatic carbocycles. The summed E-state index contributed by atoms with van der Waals surface area (Å²) in [6.45, 7) is 1.60. The van der Waals surface area contributed by atoms with Gasteiger partial charge in [-0.15, -0.1) is 0 Å². The SMILES string of the molecule is Cc1cnccc1-c1cc(C(=O)NCC(O)(c2cc3c(c(-c4ccc(F)cc4)n2)OC[C@]3(C)C(N)=O)C(F)(F)F)ccc1OC1CC1. The van der Waals surface area contributed by atoms with Crippen molar-refractivity contribution in [3.63, 3.8) is 0 Å². The monoisotopic (exact) mass is 650 g/mol. The standard InChI is InChI=1S/C34H30F4N4O5/c1-18-15-40-12-11-23(18)24-13-20(5-10-26(24)47-22-8-9-22)30(43)41-16-33(45,34(36,37)38)27-14-25-29(46-17-32(25,2)31(39)44)28(42-27)19-3-6-21(35)7-4-19/h3-7,10-15,22,45H,8-9,16-17H2,1-2H3,(H2,39,44)(H,41,43)/t32-,33?/m0/s1. The van der Waals surface area contributed by atoms with Crippen LogP contribution in [0.3, 0.4) is 0 Å². The number of nitrogens with one attached hydrogen (secondary N) is 1. The molecule has 6 rings (SSSR count). The molecule has 1 aliphatic carbocycles. The molecular weight excluding hydrogens is 620 g/mol. The van der Waals surface area contributed by atoms with E-state index in [-0.39, 0.29) is 40.8 Å². The van der Waals surface area contributed by atoms with Crippen LogP contribution in [0.1, 0.15) is 46.9 Å². The summed E-state index contributed by atoms with van der Waals surface area (Å²) in [6, 6.07) is 11.9. The van der Waals surface area contributed by atoms with Crippen LogP contribution in [0.15, 0.2) is 67.0 Å². The molecule has 0 bridgehead atoms. The molecule has 2 amide bonds. The van der Waals surface area contributed by atoms with Crippen molar-refractivity contribution in [2.45, 2.75) is 50.0 Å². The average molecular weight is 651 g/mol. The molecule has 4 N–H and O–H groups in total. The third-order valence-electron chi connectivity index (χ3n) is 8.50. The molecule has 9 nitrogen and oxygen atoms in total. The largest absolute Gasteiger partial charge is 0.490 e. The highest BCUT2D eigenvalue weighted by atomic mass is 19.4. The van der Waals surface area contributed by atoms with E-state index < -0.39 is 47.1 Å². The van der Waals surface area contributed by atoms with Gasteiger partial charge in [0.15, 0.2) is 0 Å². The zero-order valence-corrected chi connectivity index (χ0v) is 25.3. The fourth-order valence-corrected chi connectivity index (χ4v) is 5.37.